The van der Waals surface area contributed by atoms with Crippen LogP contribution in [-0.4, -0.2) is 35.7 Å². The third kappa shape index (κ3) is 4.55. The fraction of sp³-hybridized carbons (Fsp3) is 0.190. The highest BCUT2D eigenvalue weighted by Crippen LogP contribution is 2.33. The van der Waals surface area contributed by atoms with Crippen LogP contribution in [0.15, 0.2) is 54.9 Å². The molecule has 4 rings (SSSR count). The van der Waals surface area contributed by atoms with Crippen LogP contribution in [0, 0.1) is 0 Å². The highest BCUT2D eigenvalue weighted by atomic mass is 16.6. The van der Waals surface area contributed by atoms with Gasteiger partial charge in [-0.3, -0.25) is 4.79 Å². The number of fused-ring (bicyclic) bond motifs is 1. The Balaban J connectivity index is 1.39. The lowest BCUT2D eigenvalue weighted by atomic mass is 10.2. The number of ether oxygens (including phenoxy) is 3. The summed E-state index contributed by atoms with van der Waals surface area (Å²) in [5.74, 6) is 2.22. The number of carbonyl (C=O) groups excluding carboxylic acids is 1. The van der Waals surface area contributed by atoms with Crippen molar-refractivity contribution >= 4 is 23.2 Å². The van der Waals surface area contributed by atoms with Gasteiger partial charge in [0, 0.05) is 29.8 Å². The van der Waals surface area contributed by atoms with Crippen LogP contribution in [0.2, 0.25) is 0 Å². The van der Waals surface area contributed by atoms with E-state index in [0.29, 0.717) is 48.5 Å². The summed E-state index contributed by atoms with van der Waals surface area (Å²) >= 11 is 0. The standard InChI is InChI=1S/C21H20N4O4/c1-2-27-17-6-3-15(4-7-17)24-20(26)14-12-22-21(23-13-14)25-16-5-8-18-19(11-16)29-10-9-28-18/h3-8,11-13H,2,9-10H2,1H3,(H,24,26)(H,22,23,25). The molecule has 3 aromatic rings. The van der Waals surface area contributed by atoms with Crippen LogP contribution in [-0.2, 0) is 0 Å². The van der Waals surface area contributed by atoms with Crippen LogP contribution >= 0.6 is 0 Å². The van der Waals surface area contributed by atoms with Crippen molar-refractivity contribution in [3.8, 4) is 17.2 Å². The summed E-state index contributed by atoms with van der Waals surface area (Å²) in [4.78, 5) is 20.8. The van der Waals surface area contributed by atoms with Crippen molar-refractivity contribution in [2.24, 2.45) is 0 Å². The lowest BCUT2D eigenvalue weighted by molar-refractivity contribution is 0.102. The molecule has 1 aliphatic heterocycles. The van der Waals surface area contributed by atoms with Crippen molar-refractivity contribution in [2.75, 3.05) is 30.5 Å². The van der Waals surface area contributed by atoms with Gasteiger partial charge >= 0.3 is 0 Å². The number of anilines is 3. The van der Waals surface area contributed by atoms with Crippen molar-refractivity contribution < 1.29 is 19.0 Å². The number of nitrogens with zero attached hydrogens (tertiary/aromatic N) is 2. The number of benzene rings is 2. The van der Waals surface area contributed by atoms with Crippen molar-refractivity contribution in [1.29, 1.82) is 0 Å². The lowest BCUT2D eigenvalue weighted by Crippen LogP contribution is -2.15. The van der Waals surface area contributed by atoms with Gasteiger partial charge in [-0.05, 0) is 43.3 Å². The van der Waals surface area contributed by atoms with E-state index in [4.69, 9.17) is 14.2 Å². The van der Waals surface area contributed by atoms with E-state index in [1.807, 2.05) is 25.1 Å². The Morgan fingerprint density at radius 1 is 1.00 bits per heavy atom. The molecule has 1 aliphatic rings. The first-order valence-corrected chi connectivity index (χ1v) is 9.24. The van der Waals surface area contributed by atoms with Crippen molar-refractivity contribution in [3.05, 3.63) is 60.4 Å². The molecule has 2 heterocycles. The zero-order chi connectivity index (χ0) is 20.1. The maximum absolute atomic E-state index is 12.4. The van der Waals surface area contributed by atoms with E-state index >= 15 is 0 Å². The van der Waals surface area contributed by atoms with E-state index < -0.39 is 0 Å². The molecule has 0 spiro atoms. The summed E-state index contributed by atoms with van der Waals surface area (Å²) in [5.41, 5.74) is 1.78. The van der Waals surface area contributed by atoms with Crippen molar-refractivity contribution in [1.82, 2.24) is 9.97 Å². The number of amides is 1. The molecule has 0 saturated carbocycles. The quantitative estimate of drug-likeness (QED) is 0.661. The molecule has 0 unspecified atom stereocenters. The Kier molecular flexibility index (Phi) is 5.42. The van der Waals surface area contributed by atoms with Crippen LogP contribution in [0.1, 0.15) is 17.3 Å². The Morgan fingerprint density at radius 3 is 2.41 bits per heavy atom. The van der Waals surface area contributed by atoms with Crippen LogP contribution in [0.25, 0.3) is 0 Å². The Hall–Kier alpha value is -3.81. The minimum Gasteiger partial charge on any atom is -0.494 e. The van der Waals surface area contributed by atoms with E-state index in [2.05, 4.69) is 20.6 Å². The number of nitrogens with one attached hydrogen (secondary N) is 2. The van der Waals surface area contributed by atoms with Gasteiger partial charge in [-0.1, -0.05) is 0 Å². The van der Waals surface area contributed by atoms with Gasteiger partial charge in [0.15, 0.2) is 11.5 Å². The summed E-state index contributed by atoms with van der Waals surface area (Å²) in [6.45, 7) is 3.58. The maximum Gasteiger partial charge on any atom is 0.258 e. The average Bonchev–Trinajstić information content (AvgIpc) is 2.76. The first-order valence-electron chi connectivity index (χ1n) is 9.24. The summed E-state index contributed by atoms with van der Waals surface area (Å²) in [6.07, 6.45) is 2.94. The van der Waals surface area contributed by atoms with Gasteiger partial charge in [-0.2, -0.15) is 0 Å². The Bertz CT molecular complexity index is 991. The molecule has 148 valence electrons. The Labute approximate surface area is 167 Å². The van der Waals surface area contributed by atoms with E-state index in [1.165, 1.54) is 12.4 Å². The summed E-state index contributed by atoms with van der Waals surface area (Å²) < 4.78 is 16.5. The van der Waals surface area contributed by atoms with Crippen LogP contribution < -0.4 is 24.8 Å². The lowest BCUT2D eigenvalue weighted by Gasteiger charge is -2.18. The topological polar surface area (TPSA) is 94.6 Å². The van der Waals surface area contributed by atoms with Crippen LogP contribution in [0.3, 0.4) is 0 Å². The number of aromatic nitrogens is 2. The first kappa shape index (κ1) is 18.5. The molecule has 8 nitrogen and oxygen atoms in total. The monoisotopic (exact) mass is 392 g/mol. The Morgan fingerprint density at radius 2 is 1.69 bits per heavy atom. The molecule has 1 amide bonds. The highest BCUT2D eigenvalue weighted by molar-refractivity contribution is 6.03. The van der Waals surface area contributed by atoms with E-state index in [0.717, 1.165) is 11.4 Å². The normalized spacial score (nSPS) is 12.2. The molecule has 1 aromatic heterocycles. The second-order valence-electron chi connectivity index (χ2n) is 6.19. The van der Waals surface area contributed by atoms with E-state index in [9.17, 15) is 4.79 Å². The highest BCUT2D eigenvalue weighted by Gasteiger charge is 2.13. The molecular weight excluding hydrogens is 372 g/mol. The molecule has 8 heteroatoms. The minimum atomic E-state index is -0.292. The average molecular weight is 392 g/mol. The third-order valence-corrected chi connectivity index (χ3v) is 4.14. The molecule has 29 heavy (non-hydrogen) atoms. The second kappa shape index (κ2) is 8.47. The third-order valence-electron chi connectivity index (χ3n) is 4.14. The van der Waals surface area contributed by atoms with Crippen LogP contribution in [0.5, 0.6) is 17.2 Å². The van der Waals surface area contributed by atoms with Gasteiger partial charge in [0.2, 0.25) is 5.95 Å². The van der Waals surface area contributed by atoms with Gasteiger partial charge in [0.25, 0.3) is 5.91 Å². The number of carbonyl (C=O) groups is 1. The predicted molar refractivity (Wildman–Crippen MR) is 108 cm³/mol. The van der Waals surface area contributed by atoms with Gasteiger partial charge in [-0.15, -0.1) is 0 Å². The summed E-state index contributed by atoms with van der Waals surface area (Å²) in [7, 11) is 0. The second-order valence-corrected chi connectivity index (χ2v) is 6.19. The summed E-state index contributed by atoms with van der Waals surface area (Å²) in [5, 5.41) is 5.89. The SMILES string of the molecule is CCOc1ccc(NC(=O)c2cnc(Nc3ccc4c(c3)OCCO4)nc2)cc1. The summed E-state index contributed by atoms with van der Waals surface area (Å²) in [6, 6.07) is 12.7. The van der Waals surface area contributed by atoms with E-state index in [1.54, 1.807) is 24.3 Å². The largest absolute Gasteiger partial charge is 0.494 e. The zero-order valence-corrected chi connectivity index (χ0v) is 15.8. The smallest absolute Gasteiger partial charge is 0.258 e. The van der Waals surface area contributed by atoms with Gasteiger partial charge < -0.3 is 24.8 Å². The molecule has 0 radical (unpaired) electrons. The van der Waals surface area contributed by atoms with Gasteiger partial charge in [-0.25, -0.2) is 9.97 Å². The maximum atomic E-state index is 12.4. The molecule has 0 atom stereocenters. The minimum absolute atomic E-state index is 0.292. The first-order chi connectivity index (χ1) is 14.2. The van der Waals surface area contributed by atoms with Gasteiger partial charge in [0.1, 0.15) is 19.0 Å². The zero-order valence-electron chi connectivity index (χ0n) is 15.8. The molecule has 0 saturated heterocycles. The molecule has 0 bridgehead atoms. The van der Waals surface area contributed by atoms with Crippen molar-refractivity contribution in [3.63, 3.8) is 0 Å². The fourth-order valence-electron chi connectivity index (χ4n) is 2.76. The molecule has 2 N–H and O–H groups in total. The van der Waals surface area contributed by atoms with Crippen molar-refractivity contribution in [2.45, 2.75) is 6.92 Å². The fourth-order valence-corrected chi connectivity index (χ4v) is 2.76. The molecule has 0 aliphatic carbocycles. The number of rotatable bonds is 6. The predicted octanol–water partition coefficient (Wildman–Crippen LogP) is 3.64. The number of hydrogen-bond donors (Lipinski definition) is 2. The number of hydrogen-bond acceptors (Lipinski definition) is 7. The van der Waals surface area contributed by atoms with Crippen LogP contribution in [0.4, 0.5) is 17.3 Å². The van der Waals surface area contributed by atoms with E-state index in [-0.39, 0.29) is 5.91 Å². The molecular formula is C21H20N4O4. The van der Waals surface area contributed by atoms with Gasteiger partial charge in [0.05, 0.1) is 12.2 Å². The molecule has 0 fully saturated rings. The molecule has 2 aromatic carbocycles.